The van der Waals surface area contributed by atoms with Gasteiger partial charge in [-0.05, 0) is 50.7 Å². The number of anilines is 2. The molecule has 6 nitrogen and oxygen atoms in total. The van der Waals surface area contributed by atoms with Crippen molar-refractivity contribution in [2.75, 3.05) is 18.4 Å². The fourth-order valence-electron chi connectivity index (χ4n) is 3.61. The van der Waals surface area contributed by atoms with E-state index in [2.05, 4.69) is 37.1 Å². The summed E-state index contributed by atoms with van der Waals surface area (Å²) in [5.74, 6) is 1.20. The van der Waals surface area contributed by atoms with Crippen molar-refractivity contribution < 1.29 is 4.79 Å². The lowest BCUT2D eigenvalue weighted by atomic mass is 9.92. The number of nitrogens with two attached hydrogens (primary N) is 1. The normalized spacial score (nSPS) is 15.6. The van der Waals surface area contributed by atoms with Crippen molar-refractivity contribution in [3.05, 3.63) is 35.0 Å². The number of piperidine rings is 1. The van der Waals surface area contributed by atoms with Crippen molar-refractivity contribution in [2.45, 2.75) is 65.3 Å². The molecule has 0 saturated carbocycles. The van der Waals surface area contributed by atoms with Crippen molar-refractivity contribution in [3.63, 3.8) is 0 Å². The minimum absolute atomic E-state index is 0. The molecule has 0 spiro atoms. The zero-order valence-corrected chi connectivity index (χ0v) is 20.2. The minimum atomic E-state index is -0.811. The average molecular weight is 452 g/mol. The number of nitrogens with zero attached hydrogens (tertiary/aromatic N) is 3. The number of carbonyl (C=O) groups is 1. The molecule has 2 aromatic heterocycles. The van der Waals surface area contributed by atoms with Crippen molar-refractivity contribution in [3.8, 4) is 0 Å². The molecule has 2 aromatic rings. The highest BCUT2D eigenvalue weighted by Gasteiger charge is 2.31. The summed E-state index contributed by atoms with van der Waals surface area (Å²) in [6.07, 6.45) is 4.78. The first kappa shape index (κ1) is 24.6. The number of thiazole rings is 1. The van der Waals surface area contributed by atoms with Crippen LogP contribution in [0.15, 0.2) is 24.4 Å². The molecule has 30 heavy (non-hydrogen) atoms. The number of carbonyl (C=O) groups excluding carboxylic acids is 1. The molecular weight excluding hydrogens is 418 g/mol. The van der Waals surface area contributed by atoms with Crippen LogP contribution in [0, 0.1) is 5.41 Å². The van der Waals surface area contributed by atoms with Crippen LogP contribution in [0.1, 0.15) is 63.9 Å². The van der Waals surface area contributed by atoms with E-state index in [0.717, 1.165) is 49.0 Å². The van der Waals surface area contributed by atoms with Gasteiger partial charge in [0.15, 0.2) is 5.13 Å². The topological polar surface area (TPSA) is 84.1 Å². The molecule has 166 valence electrons. The number of hydrogen-bond acceptors (Lipinski definition) is 6. The van der Waals surface area contributed by atoms with Crippen molar-refractivity contribution in [1.29, 1.82) is 0 Å². The molecule has 0 bridgehead atoms. The van der Waals surface area contributed by atoms with Gasteiger partial charge in [-0.15, -0.1) is 23.7 Å². The largest absolute Gasteiger partial charge is 0.341 e. The van der Waals surface area contributed by atoms with Gasteiger partial charge in [-0.3, -0.25) is 4.79 Å². The van der Waals surface area contributed by atoms with Gasteiger partial charge in [0.25, 0.3) is 0 Å². The second-order valence-electron chi connectivity index (χ2n) is 9.73. The lowest BCUT2D eigenvalue weighted by molar-refractivity contribution is -0.136. The van der Waals surface area contributed by atoms with Crippen LogP contribution in [-0.4, -0.2) is 39.4 Å². The first-order valence-corrected chi connectivity index (χ1v) is 11.1. The number of rotatable bonds is 5. The molecule has 8 heteroatoms. The lowest BCUT2D eigenvalue weighted by Crippen LogP contribution is -2.53. The standard InChI is InChI=1S/C22H33N5OS.ClH/c1-21(2,3)13-16-14-24-20(29-16)26-18-8-6-7-17(25-18)15-9-11-27(12-10-15)19(28)22(4,5)23;/h6-8,14-15H,9-13,23H2,1-5H3,(H,24,25,26);1H. The number of halogens is 1. The van der Waals surface area contributed by atoms with E-state index in [1.165, 1.54) is 4.88 Å². The summed E-state index contributed by atoms with van der Waals surface area (Å²) >= 11 is 1.68. The van der Waals surface area contributed by atoms with Crippen LogP contribution in [0.25, 0.3) is 0 Å². The van der Waals surface area contributed by atoms with E-state index < -0.39 is 5.54 Å². The first-order chi connectivity index (χ1) is 13.5. The second kappa shape index (κ2) is 9.62. The Hall–Kier alpha value is -1.70. The van der Waals surface area contributed by atoms with Gasteiger partial charge in [0.1, 0.15) is 5.82 Å². The average Bonchev–Trinajstić information content (AvgIpc) is 3.05. The molecule has 1 fully saturated rings. The van der Waals surface area contributed by atoms with Gasteiger partial charge in [-0.1, -0.05) is 26.8 Å². The summed E-state index contributed by atoms with van der Waals surface area (Å²) in [5.41, 5.74) is 6.47. The third-order valence-electron chi connectivity index (χ3n) is 5.02. The van der Waals surface area contributed by atoms with Crippen LogP contribution in [-0.2, 0) is 11.2 Å². The van der Waals surface area contributed by atoms with Crippen LogP contribution < -0.4 is 11.1 Å². The number of likely N-dealkylation sites (tertiary alicyclic amines) is 1. The van der Waals surface area contributed by atoms with Gasteiger partial charge in [0.05, 0.1) is 5.54 Å². The zero-order valence-electron chi connectivity index (χ0n) is 18.6. The molecule has 1 amide bonds. The molecule has 1 aliphatic heterocycles. The molecule has 0 unspecified atom stereocenters. The van der Waals surface area contributed by atoms with E-state index in [4.69, 9.17) is 10.7 Å². The van der Waals surface area contributed by atoms with Gasteiger partial charge in [-0.25, -0.2) is 9.97 Å². The molecule has 3 N–H and O–H groups in total. The molecule has 0 aromatic carbocycles. The number of pyridine rings is 1. The Morgan fingerprint density at radius 3 is 2.50 bits per heavy atom. The molecule has 1 aliphatic rings. The van der Waals surface area contributed by atoms with Gasteiger partial charge in [-0.2, -0.15) is 0 Å². The van der Waals surface area contributed by atoms with Gasteiger partial charge >= 0.3 is 0 Å². The van der Waals surface area contributed by atoms with E-state index in [1.54, 1.807) is 25.2 Å². The maximum absolute atomic E-state index is 12.4. The lowest BCUT2D eigenvalue weighted by Gasteiger charge is -2.35. The quantitative estimate of drug-likeness (QED) is 0.686. The summed E-state index contributed by atoms with van der Waals surface area (Å²) in [4.78, 5) is 24.9. The van der Waals surface area contributed by atoms with E-state index in [1.807, 2.05) is 23.2 Å². The fraction of sp³-hybridized carbons (Fsp3) is 0.591. The first-order valence-electron chi connectivity index (χ1n) is 10.3. The highest BCUT2D eigenvalue weighted by Crippen LogP contribution is 2.30. The smallest absolute Gasteiger partial charge is 0.242 e. The summed E-state index contributed by atoms with van der Waals surface area (Å²) in [7, 11) is 0. The van der Waals surface area contributed by atoms with E-state index in [9.17, 15) is 4.79 Å². The molecular formula is C22H34ClN5OS. The molecule has 3 rings (SSSR count). The predicted octanol–water partition coefficient (Wildman–Crippen LogP) is 4.74. The summed E-state index contributed by atoms with van der Waals surface area (Å²) in [6.45, 7) is 11.7. The number of nitrogens with one attached hydrogen (secondary N) is 1. The monoisotopic (exact) mass is 451 g/mol. The van der Waals surface area contributed by atoms with Gasteiger partial charge < -0.3 is 16.0 Å². The third-order valence-corrected chi connectivity index (χ3v) is 5.93. The van der Waals surface area contributed by atoms with E-state index >= 15 is 0 Å². The summed E-state index contributed by atoms with van der Waals surface area (Å²) in [5, 5.41) is 4.23. The molecule has 1 saturated heterocycles. The number of amides is 1. The van der Waals surface area contributed by atoms with Gasteiger partial charge in [0, 0.05) is 35.8 Å². The summed E-state index contributed by atoms with van der Waals surface area (Å²) in [6, 6.07) is 6.09. The Bertz CT molecular complexity index is 848. The van der Waals surface area contributed by atoms with Crippen molar-refractivity contribution in [2.24, 2.45) is 11.1 Å². The Morgan fingerprint density at radius 1 is 1.23 bits per heavy atom. The van der Waals surface area contributed by atoms with Crippen LogP contribution in [0.2, 0.25) is 0 Å². The Kier molecular flexibility index (Phi) is 7.88. The minimum Gasteiger partial charge on any atom is -0.341 e. The van der Waals surface area contributed by atoms with Crippen LogP contribution >= 0.6 is 23.7 Å². The second-order valence-corrected chi connectivity index (χ2v) is 10.8. The maximum atomic E-state index is 12.4. The molecule has 0 radical (unpaired) electrons. The fourth-order valence-corrected chi connectivity index (χ4v) is 4.73. The molecule has 0 aliphatic carbocycles. The highest BCUT2D eigenvalue weighted by atomic mass is 35.5. The SMILES string of the molecule is CC(C)(C)Cc1cnc(Nc2cccc(C3CCN(C(=O)C(C)(C)N)CC3)n2)s1.Cl. The molecule has 0 atom stereocenters. The van der Waals surface area contributed by atoms with E-state index in [0.29, 0.717) is 5.92 Å². The van der Waals surface area contributed by atoms with Crippen LogP contribution in [0.3, 0.4) is 0 Å². The number of aromatic nitrogens is 2. The Labute approximate surface area is 190 Å². The van der Waals surface area contributed by atoms with Crippen molar-refractivity contribution in [1.82, 2.24) is 14.9 Å². The van der Waals surface area contributed by atoms with Crippen LogP contribution in [0.5, 0.6) is 0 Å². The third kappa shape index (κ3) is 6.65. The van der Waals surface area contributed by atoms with Crippen LogP contribution in [0.4, 0.5) is 10.9 Å². The predicted molar refractivity (Wildman–Crippen MR) is 127 cm³/mol. The maximum Gasteiger partial charge on any atom is 0.242 e. The molecule has 3 heterocycles. The summed E-state index contributed by atoms with van der Waals surface area (Å²) < 4.78 is 0. The Balaban J connectivity index is 0.00000320. The Morgan fingerprint density at radius 2 is 1.90 bits per heavy atom. The number of hydrogen-bond donors (Lipinski definition) is 2. The van der Waals surface area contributed by atoms with Crippen molar-refractivity contribution >= 4 is 40.6 Å². The van der Waals surface area contributed by atoms with E-state index in [-0.39, 0.29) is 23.7 Å². The zero-order chi connectivity index (χ0) is 21.2. The van der Waals surface area contributed by atoms with Gasteiger partial charge in [0.2, 0.25) is 5.91 Å². The highest BCUT2D eigenvalue weighted by molar-refractivity contribution is 7.15.